The lowest BCUT2D eigenvalue weighted by atomic mass is 10.1. The molecular formula is C13H11ClF2N4S. The number of aromatic nitrogens is 2. The van der Waals surface area contributed by atoms with E-state index in [0.29, 0.717) is 10.8 Å². The fourth-order valence-electron chi connectivity index (χ4n) is 1.63. The van der Waals surface area contributed by atoms with Crippen molar-refractivity contribution in [1.82, 2.24) is 15.5 Å². The molecule has 4 nitrogen and oxygen atoms in total. The average Bonchev–Trinajstić information content (AvgIpc) is 2.45. The molecule has 0 bridgehead atoms. The molecule has 0 aliphatic heterocycles. The lowest BCUT2D eigenvalue weighted by molar-refractivity contribution is 0.553. The van der Waals surface area contributed by atoms with Crippen LogP contribution in [0.4, 0.5) is 14.6 Å². The highest BCUT2D eigenvalue weighted by atomic mass is 35.5. The maximum absolute atomic E-state index is 13.4. The van der Waals surface area contributed by atoms with Gasteiger partial charge in [0.2, 0.25) is 0 Å². The van der Waals surface area contributed by atoms with Gasteiger partial charge in [0, 0.05) is 12.1 Å². The van der Waals surface area contributed by atoms with Gasteiger partial charge in [-0.3, -0.25) is 0 Å². The zero-order valence-electron chi connectivity index (χ0n) is 10.7. The van der Waals surface area contributed by atoms with Gasteiger partial charge in [0.1, 0.15) is 11.6 Å². The number of nitrogens with one attached hydrogen (secondary N) is 2. The Morgan fingerprint density at radius 1 is 1.24 bits per heavy atom. The van der Waals surface area contributed by atoms with Crippen molar-refractivity contribution in [3.8, 4) is 0 Å². The van der Waals surface area contributed by atoms with Gasteiger partial charge in [0.05, 0.1) is 11.2 Å². The van der Waals surface area contributed by atoms with Crippen molar-refractivity contribution in [3.05, 3.63) is 52.7 Å². The van der Waals surface area contributed by atoms with Crippen LogP contribution < -0.4 is 10.6 Å². The third-order valence-electron chi connectivity index (χ3n) is 2.63. The van der Waals surface area contributed by atoms with Crippen LogP contribution in [0.15, 0.2) is 30.5 Å². The van der Waals surface area contributed by atoms with Crippen molar-refractivity contribution in [1.29, 1.82) is 0 Å². The van der Waals surface area contributed by atoms with Crippen molar-refractivity contribution >= 4 is 34.7 Å². The first-order chi connectivity index (χ1) is 10.1. The number of halogens is 3. The van der Waals surface area contributed by atoms with Crippen molar-refractivity contribution in [2.24, 2.45) is 0 Å². The molecule has 0 spiro atoms. The summed E-state index contributed by atoms with van der Waals surface area (Å²) in [6, 6.07) is 5.32. The summed E-state index contributed by atoms with van der Waals surface area (Å²) in [4.78, 5) is 0. The highest BCUT2D eigenvalue weighted by molar-refractivity contribution is 7.80. The minimum atomic E-state index is -0.576. The topological polar surface area (TPSA) is 49.8 Å². The van der Waals surface area contributed by atoms with Gasteiger partial charge in [0.25, 0.3) is 0 Å². The third-order valence-corrected chi connectivity index (χ3v) is 3.18. The van der Waals surface area contributed by atoms with E-state index in [4.69, 9.17) is 23.8 Å². The second-order valence-corrected chi connectivity index (χ2v) is 4.87. The Kier molecular flexibility index (Phi) is 5.35. The van der Waals surface area contributed by atoms with E-state index in [9.17, 15) is 8.78 Å². The van der Waals surface area contributed by atoms with Crippen LogP contribution in [-0.2, 0) is 6.42 Å². The number of benzene rings is 1. The highest BCUT2D eigenvalue weighted by Crippen LogP contribution is 2.16. The second-order valence-electron chi connectivity index (χ2n) is 4.06. The third kappa shape index (κ3) is 4.30. The van der Waals surface area contributed by atoms with Crippen LogP contribution in [0.25, 0.3) is 0 Å². The molecule has 0 unspecified atom stereocenters. The van der Waals surface area contributed by atoms with Gasteiger partial charge in [-0.2, -0.15) is 5.10 Å². The normalized spacial score (nSPS) is 10.2. The van der Waals surface area contributed by atoms with E-state index in [0.717, 1.165) is 0 Å². The summed E-state index contributed by atoms with van der Waals surface area (Å²) < 4.78 is 26.8. The molecule has 1 heterocycles. The molecule has 1 aromatic carbocycles. The average molecular weight is 329 g/mol. The molecule has 110 valence electrons. The molecule has 0 saturated carbocycles. The Labute approximate surface area is 130 Å². The van der Waals surface area contributed by atoms with Gasteiger partial charge in [0.15, 0.2) is 10.9 Å². The van der Waals surface area contributed by atoms with Crippen LogP contribution in [0.1, 0.15) is 5.56 Å². The summed E-state index contributed by atoms with van der Waals surface area (Å²) in [7, 11) is 0. The molecule has 0 radical (unpaired) electrons. The molecule has 0 aliphatic rings. The molecular weight excluding hydrogens is 318 g/mol. The molecule has 0 fully saturated rings. The number of anilines is 1. The molecule has 21 heavy (non-hydrogen) atoms. The molecule has 8 heteroatoms. The van der Waals surface area contributed by atoms with E-state index < -0.39 is 11.6 Å². The smallest absolute Gasteiger partial charge is 0.173 e. The van der Waals surface area contributed by atoms with Gasteiger partial charge >= 0.3 is 0 Å². The summed E-state index contributed by atoms with van der Waals surface area (Å²) in [6.07, 6.45) is 1.61. The second kappa shape index (κ2) is 7.24. The monoisotopic (exact) mass is 328 g/mol. The van der Waals surface area contributed by atoms with Crippen LogP contribution in [0.5, 0.6) is 0 Å². The quantitative estimate of drug-likeness (QED) is 0.845. The summed E-state index contributed by atoms with van der Waals surface area (Å²) in [5.41, 5.74) is 0.0188. The fraction of sp³-hybridized carbons (Fsp3) is 0.154. The minimum absolute atomic E-state index is 0.0188. The standard InChI is InChI=1S/C13H11ClF2N4S/c14-9-5-7-18-20-12(9)19-13(21)17-6-4-8-10(15)2-1-3-11(8)16/h1-3,5,7H,4,6H2,(H2,17,19,20,21). The van der Waals surface area contributed by atoms with Crippen LogP contribution in [0.2, 0.25) is 5.02 Å². The summed E-state index contributed by atoms with van der Waals surface area (Å²) in [5, 5.41) is 13.6. The lowest BCUT2D eigenvalue weighted by Crippen LogP contribution is -2.31. The van der Waals surface area contributed by atoms with E-state index in [1.165, 1.54) is 24.4 Å². The number of rotatable bonds is 4. The molecule has 0 amide bonds. The van der Waals surface area contributed by atoms with Gasteiger partial charge < -0.3 is 10.6 Å². The summed E-state index contributed by atoms with van der Waals surface area (Å²) >= 11 is 10.9. The Balaban J connectivity index is 1.86. The highest BCUT2D eigenvalue weighted by Gasteiger charge is 2.08. The zero-order valence-corrected chi connectivity index (χ0v) is 12.3. The maximum Gasteiger partial charge on any atom is 0.173 e. The summed E-state index contributed by atoms with van der Waals surface area (Å²) in [6.45, 7) is 0.265. The molecule has 0 aliphatic carbocycles. The Morgan fingerprint density at radius 2 is 1.95 bits per heavy atom. The van der Waals surface area contributed by atoms with Crippen molar-refractivity contribution < 1.29 is 8.78 Å². The van der Waals surface area contributed by atoms with E-state index in [1.54, 1.807) is 6.07 Å². The van der Waals surface area contributed by atoms with E-state index in [1.807, 2.05) is 0 Å². The number of thiocarbonyl (C=S) groups is 1. The lowest BCUT2D eigenvalue weighted by Gasteiger charge is -2.10. The molecule has 0 saturated heterocycles. The zero-order chi connectivity index (χ0) is 15.2. The Hall–Kier alpha value is -1.86. The Bertz CT molecular complexity index is 634. The van der Waals surface area contributed by atoms with Crippen molar-refractivity contribution in [2.45, 2.75) is 6.42 Å². The Morgan fingerprint density at radius 3 is 2.62 bits per heavy atom. The van der Waals surface area contributed by atoms with Crippen LogP contribution >= 0.6 is 23.8 Å². The SMILES string of the molecule is Fc1cccc(F)c1CCNC(=S)Nc1nnccc1Cl. The van der Waals surface area contributed by atoms with Crippen LogP contribution in [0.3, 0.4) is 0 Å². The molecule has 2 aromatic rings. The number of hydrogen-bond donors (Lipinski definition) is 2. The number of hydrogen-bond acceptors (Lipinski definition) is 3. The van der Waals surface area contributed by atoms with Gasteiger partial charge in [-0.05, 0) is 36.8 Å². The van der Waals surface area contributed by atoms with Gasteiger partial charge in [-0.25, -0.2) is 8.78 Å². The van der Waals surface area contributed by atoms with E-state index >= 15 is 0 Å². The van der Waals surface area contributed by atoms with Gasteiger partial charge in [-0.1, -0.05) is 17.7 Å². The number of nitrogens with zero attached hydrogens (tertiary/aromatic N) is 2. The first kappa shape index (κ1) is 15.5. The molecule has 0 atom stereocenters. The van der Waals surface area contributed by atoms with Crippen molar-refractivity contribution in [3.63, 3.8) is 0 Å². The predicted octanol–water partition coefficient (Wildman–Crippen LogP) is 2.94. The van der Waals surface area contributed by atoms with Gasteiger partial charge in [-0.15, -0.1) is 5.10 Å². The van der Waals surface area contributed by atoms with Crippen LogP contribution in [-0.4, -0.2) is 21.9 Å². The van der Waals surface area contributed by atoms with E-state index in [2.05, 4.69) is 20.8 Å². The molecule has 1 aromatic heterocycles. The largest absolute Gasteiger partial charge is 0.362 e. The molecule has 2 N–H and O–H groups in total. The maximum atomic E-state index is 13.4. The minimum Gasteiger partial charge on any atom is -0.362 e. The van der Waals surface area contributed by atoms with Crippen LogP contribution in [0, 0.1) is 11.6 Å². The van der Waals surface area contributed by atoms with E-state index in [-0.39, 0.29) is 23.6 Å². The first-order valence-corrected chi connectivity index (χ1v) is 6.81. The summed E-state index contributed by atoms with van der Waals surface area (Å²) in [5.74, 6) is -0.839. The fourth-order valence-corrected chi connectivity index (χ4v) is 1.97. The van der Waals surface area contributed by atoms with Crippen molar-refractivity contribution in [2.75, 3.05) is 11.9 Å². The predicted molar refractivity (Wildman–Crippen MR) is 81.3 cm³/mol. The molecule has 2 rings (SSSR count). The first-order valence-electron chi connectivity index (χ1n) is 6.03.